The second kappa shape index (κ2) is 24.1. The molecule has 0 radical (unpaired) electrons. The van der Waals surface area contributed by atoms with Crippen molar-refractivity contribution in [2.45, 2.75) is 63.1 Å². The summed E-state index contributed by atoms with van der Waals surface area (Å²) in [7, 11) is 4.65. The van der Waals surface area contributed by atoms with Gasteiger partial charge in [0.1, 0.15) is 40.3 Å². The number of aromatic amines is 3. The Bertz CT molecular complexity index is 4000. The minimum atomic E-state index is -1.26. The van der Waals surface area contributed by atoms with Crippen LogP contribution in [0.2, 0.25) is 0 Å². The summed E-state index contributed by atoms with van der Waals surface area (Å²) in [6.07, 6.45) is 1.72. The van der Waals surface area contributed by atoms with Crippen LogP contribution in [0.4, 0.5) is 16.2 Å². The molecule has 1 atom stereocenters. The minimum absolute atomic E-state index is 0.0161. The molecule has 3 aromatic heterocycles. The highest BCUT2D eigenvalue weighted by molar-refractivity contribution is 6.10. The van der Waals surface area contributed by atoms with Gasteiger partial charge in [-0.05, 0) is 132 Å². The molecule has 0 spiro atoms. The van der Waals surface area contributed by atoms with E-state index in [4.69, 9.17) is 24.7 Å². The van der Waals surface area contributed by atoms with Gasteiger partial charge in [0, 0.05) is 96.2 Å². The van der Waals surface area contributed by atoms with Crippen LogP contribution in [0.5, 0.6) is 11.5 Å². The van der Waals surface area contributed by atoms with Crippen LogP contribution in [0.15, 0.2) is 127 Å². The smallest absolute Gasteiger partial charge is 0.319 e. The number of hydrogen-bond acceptors (Lipinski definition) is 11. The van der Waals surface area contributed by atoms with Gasteiger partial charge in [-0.1, -0.05) is 54.6 Å². The van der Waals surface area contributed by atoms with E-state index < -0.39 is 35.5 Å². The Labute approximate surface area is 500 Å². The Morgan fingerprint density at radius 2 is 1.18 bits per heavy atom. The zero-order valence-electron chi connectivity index (χ0n) is 48.4. The number of aromatic nitrogens is 3. The van der Waals surface area contributed by atoms with Crippen LogP contribution in [0.1, 0.15) is 103 Å². The number of urea groups is 1. The van der Waals surface area contributed by atoms with Gasteiger partial charge < -0.3 is 65.4 Å². The summed E-state index contributed by atoms with van der Waals surface area (Å²) < 4.78 is 23.9. The lowest BCUT2D eigenvalue weighted by Gasteiger charge is -2.37. The monoisotopic (exact) mass is 1170 g/mol. The first-order valence-electron chi connectivity index (χ1n) is 29.1. The first kappa shape index (κ1) is 57.3. The lowest BCUT2D eigenvalue weighted by molar-refractivity contribution is -0.155. The molecule has 1 unspecified atom stereocenters. The standard InChI is InChI=1S/C66H66N10O11/c1-68-59(77)23-24-61(79)87-43(37-86-66(38-7-5-4-6-8-38,39-9-13-41(84-2)14-10-39)40-11-15-42(85-3)16-12-40)36-70-60(78)25-29-69-62(80)53-33-47-44-26-30-74(56(44)20-17-50(47)71-53)63(81)54-34-48-45-27-31-75(57(45)21-18-51(48)72-54)64(82)55-35-49-46-28-32-76(65(67)83)58(46)22-19-52(49)73-55/h4-17,19-20,22,33-35,43,71-73H,18,21,23-32,36-37H2,1-3H3,(H2,67,83)(H,68,77)(H,69,80)(H,70,78). The van der Waals surface area contributed by atoms with Crippen LogP contribution < -0.4 is 41.0 Å². The van der Waals surface area contributed by atoms with E-state index in [1.54, 1.807) is 30.1 Å². The molecule has 0 fully saturated rings. The average molecular weight is 1180 g/mol. The number of hydrogen-bond donors (Lipinski definition) is 7. The number of carbonyl (C=O) groups is 7. The van der Waals surface area contributed by atoms with E-state index in [0.29, 0.717) is 74.6 Å². The van der Waals surface area contributed by atoms with E-state index in [1.165, 1.54) is 7.05 Å². The minimum Gasteiger partial charge on any atom is -0.497 e. The van der Waals surface area contributed by atoms with Crippen molar-refractivity contribution >= 4 is 80.3 Å². The SMILES string of the molecule is CNC(=O)CCC(=O)OC(CNC(=O)CCNC(=O)c1cc2c3c(ccc2[nH]1)N(C(=O)c1cc2c([nH]1)CCC1=C2CCN1C(=O)c1cc2c4c(ccc2[nH]1)N(C(N)=O)CC4)CC3)COC(c1ccccc1)(c1ccc(OC)cc1)c1ccc(OC)cc1. The summed E-state index contributed by atoms with van der Waals surface area (Å²) in [6.45, 7) is 1.09. The number of ether oxygens (including phenoxy) is 4. The topological polar surface area (TPSA) is 276 Å². The summed E-state index contributed by atoms with van der Waals surface area (Å²) in [4.78, 5) is 108. The van der Waals surface area contributed by atoms with Crippen LogP contribution in [0.3, 0.4) is 0 Å². The van der Waals surface area contributed by atoms with Crippen molar-refractivity contribution in [2.24, 2.45) is 5.73 Å². The number of H-pyrrole nitrogens is 3. The number of aryl methyl sites for hydroxylation is 1. The molecule has 0 saturated heterocycles. The van der Waals surface area contributed by atoms with Crippen LogP contribution in [0.25, 0.3) is 27.4 Å². The fourth-order valence-electron chi connectivity index (χ4n) is 12.7. The molecule has 12 rings (SSSR count). The lowest BCUT2D eigenvalue weighted by atomic mass is 9.80. The largest absolute Gasteiger partial charge is 0.497 e. The van der Waals surface area contributed by atoms with Crippen LogP contribution in [0, 0.1) is 0 Å². The maximum Gasteiger partial charge on any atom is 0.319 e. The van der Waals surface area contributed by atoms with Crippen molar-refractivity contribution < 1.29 is 52.5 Å². The summed E-state index contributed by atoms with van der Waals surface area (Å²) in [5.74, 6) is -0.867. The molecule has 21 heteroatoms. The molecule has 0 bridgehead atoms. The molecule has 3 aliphatic heterocycles. The molecule has 8 N–H and O–H groups in total. The Hall–Kier alpha value is -10.2. The van der Waals surface area contributed by atoms with E-state index in [0.717, 1.165) is 83.5 Å². The number of carbonyl (C=O) groups excluding carboxylic acids is 7. The Morgan fingerprint density at radius 3 is 1.83 bits per heavy atom. The Balaban J connectivity index is 0.690. The van der Waals surface area contributed by atoms with Crippen LogP contribution in [-0.4, -0.2) is 128 Å². The maximum atomic E-state index is 14.4. The van der Waals surface area contributed by atoms with Crippen molar-refractivity contribution in [3.63, 3.8) is 0 Å². The fraction of sp³-hybridized carbons (Fsp3) is 0.288. The van der Waals surface area contributed by atoms with Gasteiger partial charge in [-0.2, -0.15) is 0 Å². The van der Waals surface area contributed by atoms with Crippen molar-refractivity contribution in [3.8, 4) is 11.5 Å². The summed E-state index contributed by atoms with van der Waals surface area (Å²) in [6, 6.07) is 37.1. The first-order valence-corrected chi connectivity index (χ1v) is 29.1. The van der Waals surface area contributed by atoms with Gasteiger partial charge in [-0.3, -0.25) is 33.7 Å². The number of nitrogens with one attached hydrogen (secondary N) is 6. The summed E-state index contributed by atoms with van der Waals surface area (Å²) in [5.41, 5.74) is 16.8. The Morgan fingerprint density at radius 1 is 0.598 bits per heavy atom. The highest BCUT2D eigenvalue weighted by atomic mass is 16.6. The third-order valence-corrected chi connectivity index (χ3v) is 17.0. The summed E-state index contributed by atoms with van der Waals surface area (Å²) >= 11 is 0. The number of rotatable bonds is 20. The van der Waals surface area contributed by atoms with E-state index in [-0.39, 0.29) is 62.4 Å². The number of primary amides is 1. The molecule has 5 aromatic carbocycles. The maximum absolute atomic E-state index is 14.4. The molecule has 87 heavy (non-hydrogen) atoms. The highest BCUT2D eigenvalue weighted by Crippen LogP contribution is 2.44. The molecule has 6 heterocycles. The average Bonchev–Trinajstić information content (AvgIpc) is 2.88. The lowest BCUT2D eigenvalue weighted by Crippen LogP contribution is -2.42. The predicted octanol–water partition coefficient (Wildman–Crippen LogP) is 7.52. The number of amides is 7. The van der Waals surface area contributed by atoms with Gasteiger partial charge in [0.15, 0.2) is 0 Å². The Kier molecular flexibility index (Phi) is 15.9. The molecular formula is C66H66N10O11. The van der Waals surface area contributed by atoms with Gasteiger partial charge >= 0.3 is 12.0 Å². The van der Waals surface area contributed by atoms with Crippen molar-refractivity contribution in [2.75, 3.05) is 70.4 Å². The molecule has 4 aliphatic rings. The van der Waals surface area contributed by atoms with E-state index in [1.807, 2.05) is 120 Å². The van der Waals surface area contributed by atoms with Gasteiger partial charge in [-0.25, -0.2) is 4.79 Å². The van der Waals surface area contributed by atoms with E-state index >= 15 is 0 Å². The zero-order valence-corrected chi connectivity index (χ0v) is 48.4. The molecule has 21 nitrogen and oxygen atoms in total. The second-order valence-electron chi connectivity index (χ2n) is 22.0. The predicted molar refractivity (Wildman–Crippen MR) is 326 cm³/mol. The first-order chi connectivity index (χ1) is 42.2. The van der Waals surface area contributed by atoms with Crippen LogP contribution in [-0.2, 0) is 48.7 Å². The normalized spacial score (nSPS) is 14.5. The molecule has 7 amide bonds. The van der Waals surface area contributed by atoms with E-state index in [9.17, 15) is 33.6 Å². The molecule has 8 aromatic rings. The number of allylic oxidation sites excluding steroid dienone is 1. The second-order valence-corrected chi connectivity index (χ2v) is 22.0. The van der Waals surface area contributed by atoms with Gasteiger partial charge in [0.05, 0.1) is 33.8 Å². The van der Waals surface area contributed by atoms with Crippen molar-refractivity contribution in [1.29, 1.82) is 0 Å². The molecule has 0 saturated carbocycles. The molecule has 1 aliphatic carbocycles. The van der Waals surface area contributed by atoms with E-state index in [2.05, 4.69) is 30.9 Å². The van der Waals surface area contributed by atoms with Gasteiger partial charge in [0.2, 0.25) is 11.8 Å². The molecular weight excluding hydrogens is 1110 g/mol. The molecule has 446 valence electrons. The van der Waals surface area contributed by atoms with Crippen molar-refractivity contribution in [3.05, 3.63) is 183 Å². The van der Waals surface area contributed by atoms with Crippen LogP contribution >= 0.6 is 0 Å². The number of nitrogens with two attached hydrogens (primary N) is 1. The number of methoxy groups -OCH3 is 2. The van der Waals surface area contributed by atoms with Gasteiger partial charge in [-0.15, -0.1) is 0 Å². The van der Waals surface area contributed by atoms with Gasteiger partial charge in [0.25, 0.3) is 17.7 Å². The number of esters is 1. The number of anilines is 2. The highest BCUT2D eigenvalue weighted by Gasteiger charge is 2.40. The zero-order chi connectivity index (χ0) is 60.5. The third kappa shape index (κ3) is 11.0. The number of benzene rings is 5. The fourth-order valence-corrected chi connectivity index (χ4v) is 12.7. The summed E-state index contributed by atoms with van der Waals surface area (Å²) in [5, 5.41) is 9.92. The van der Waals surface area contributed by atoms with Crippen molar-refractivity contribution in [1.82, 2.24) is 35.8 Å². The number of fused-ring (bicyclic) bond motifs is 8. The number of nitrogens with zero attached hydrogens (tertiary/aromatic N) is 3. The quantitative estimate of drug-likeness (QED) is 0.0289. The third-order valence-electron chi connectivity index (χ3n) is 17.0.